The van der Waals surface area contributed by atoms with E-state index >= 15 is 0 Å². The van der Waals surface area contributed by atoms with E-state index in [4.69, 9.17) is 11.6 Å². The summed E-state index contributed by atoms with van der Waals surface area (Å²) in [5.74, 6) is 1.18. The second kappa shape index (κ2) is 9.35. The fourth-order valence-corrected chi connectivity index (χ4v) is 2.16. The molecule has 0 radical (unpaired) electrons. The number of nitrogens with zero attached hydrogens (tertiary/aromatic N) is 2. The fraction of sp³-hybridized carbons (Fsp3) is 0.562. The van der Waals surface area contributed by atoms with Crippen molar-refractivity contribution in [2.75, 3.05) is 26.2 Å². The highest BCUT2D eigenvalue weighted by molar-refractivity contribution is 6.29. The first-order valence-corrected chi connectivity index (χ1v) is 8.47. The molecular weight excluding hydrogens is 314 g/mol. The monoisotopic (exact) mass is 337 g/mol. The van der Waals surface area contributed by atoms with Crippen LogP contribution in [0.5, 0.6) is 0 Å². The molecule has 1 saturated carbocycles. The first-order chi connectivity index (χ1) is 11.2. The predicted octanol–water partition coefficient (Wildman–Crippen LogP) is 1.36. The Kier molecular flexibility index (Phi) is 7.13. The van der Waals surface area contributed by atoms with Crippen LogP contribution in [0, 0.1) is 5.92 Å². The van der Waals surface area contributed by atoms with Gasteiger partial charge in [-0.25, -0.2) is 4.98 Å². The van der Waals surface area contributed by atoms with Crippen LogP contribution in [0.1, 0.15) is 25.3 Å². The van der Waals surface area contributed by atoms with Crippen molar-refractivity contribution in [3.63, 3.8) is 0 Å². The zero-order chi connectivity index (χ0) is 16.5. The van der Waals surface area contributed by atoms with Gasteiger partial charge in [-0.15, -0.1) is 0 Å². The Bertz CT molecular complexity index is 528. The molecule has 1 aromatic heterocycles. The van der Waals surface area contributed by atoms with Crippen LogP contribution in [0.3, 0.4) is 0 Å². The molecule has 0 bridgehead atoms. The Hall–Kier alpha value is -1.82. The van der Waals surface area contributed by atoms with Gasteiger partial charge in [0.15, 0.2) is 5.96 Å². The molecule has 1 aliphatic rings. The quantitative estimate of drug-likeness (QED) is 0.290. The standard InChI is InChI=1S/C16H24ClN5O/c1-2-18-16(21-10-9-19-15(23)13-4-5-13)20-8-7-12-3-6-14(17)22-11-12/h3,6,11,13H,2,4-5,7-10H2,1H3,(H,19,23)(H2,18,20,21). The molecule has 0 unspecified atom stereocenters. The maximum atomic E-state index is 11.5. The number of rotatable bonds is 8. The summed E-state index contributed by atoms with van der Waals surface area (Å²) in [7, 11) is 0. The van der Waals surface area contributed by atoms with Crippen molar-refractivity contribution in [1.82, 2.24) is 20.9 Å². The summed E-state index contributed by atoms with van der Waals surface area (Å²) in [6, 6.07) is 3.74. The Labute approximate surface area is 142 Å². The highest BCUT2D eigenvalue weighted by Gasteiger charge is 2.28. The van der Waals surface area contributed by atoms with Gasteiger partial charge in [0, 0.05) is 38.3 Å². The van der Waals surface area contributed by atoms with Gasteiger partial charge in [-0.1, -0.05) is 17.7 Å². The lowest BCUT2D eigenvalue weighted by molar-refractivity contribution is -0.122. The van der Waals surface area contributed by atoms with Gasteiger partial charge in [0.2, 0.25) is 5.91 Å². The number of carbonyl (C=O) groups excluding carboxylic acids is 1. The number of aromatic nitrogens is 1. The SMILES string of the molecule is CCNC(=NCCc1ccc(Cl)nc1)NCCNC(=O)C1CC1. The van der Waals surface area contributed by atoms with Gasteiger partial charge in [0.25, 0.3) is 0 Å². The Morgan fingerprint density at radius 2 is 2.09 bits per heavy atom. The lowest BCUT2D eigenvalue weighted by Crippen LogP contribution is -2.41. The van der Waals surface area contributed by atoms with E-state index in [2.05, 4.69) is 25.9 Å². The molecule has 1 aromatic rings. The van der Waals surface area contributed by atoms with Crippen LogP contribution < -0.4 is 16.0 Å². The van der Waals surface area contributed by atoms with E-state index in [0.717, 1.165) is 37.3 Å². The van der Waals surface area contributed by atoms with Crippen molar-refractivity contribution < 1.29 is 4.79 Å². The number of amides is 1. The van der Waals surface area contributed by atoms with Gasteiger partial charge in [0.1, 0.15) is 5.15 Å². The summed E-state index contributed by atoms with van der Waals surface area (Å²) in [4.78, 5) is 20.1. The van der Waals surface area contributed by atoms with Crippen molar-refractivity contribution >= 4 is 23.5 Å². The minimum absolute atomic E-state index is 0.170. The van der Waals surface area contributed by atoms with Crippen LogP contribution in [0.2, 0.25) is 5.15 Å². The molecule has 126 valence electrons. The van der Waals surface area contributed by atoms with E-state index in [1.807, 2.05) is 13.0 Å². The van der Waals surface area contributed by atoms with Crippen LogP contribution in [0.4, 0.5) is 0 Å². The maximum Gasteiger partial charge on any atom is 0.223 e. The highest BCUT2D eigenvalue weighted by atomic mass is 35.5. The van der Waals surface area contributed by atoms with E-state index in [0.29, 0.717) is 24.8 Å². The van der Waals surface area contributed by atoms with Gasteiger partial charge in [-0.05, 0) is 37.8 Å². The molecule has 1 heterocycles. The van der Waals surface area contributed by atoms with Crippen LogP contribution in [-0.2, 0) is 11.2 Å². The average molecular weight is 338 g/mol. The summed E-state index contributed by atoms with van der Waals surface area (Å²) in [6.45, 7) is 4.75. The molecule has 1 fully saturated rings. The van der Waals surface area contributed by atoms with Crippen molar-refractivity contribution in [3.8, 4) is 0 Å². The number of carbonyl (C=O) groups is 1. The summed E-state index contributed by atoms with van der Waals surface area (Å²) < 4.78 is 0. The number of nitrogens with one attached hydrogen (secondary N) is 3. The van der Waals surface area contributed by atoms with Crippen LogP contribution >= 0.6 is 11.6 Å². The Balaban J connectivity index is 1.68. The minimum atomic E-state index is 0.170. The number of pyridine rings is 1. The molecule has 0 saturated heterocycles. The predicted molar refractivity (Wildman–Crippen MR) is 92.7 cm³/mol. The molecule has 2 rings (SSSR count). The molecule has 6 nitrogen and oxygen atoms in total. The lowest BCUT2D eigenvalue weighted by Gasteiger charge is -2.11. The minimum Gasteiger partial charge on any atom is -0.357 e. The lowest BCUT2D eigenvalue weighted by atomic mass is 10.2. The average Bonchev–Trinajstić information content (AvgIpc) is 3.38. The summed E-state index contributed by atoms with van der Waals surface area (Å²) in [6.07, 6.45) is 4.64. The van der Waals surface area contributed by atoms with Crippen molar-refractivity contribution in [2.24, 2.45) is 10.9 Å². The number of aliphatic imine (C=N–C) groups is 1. The van der Waals surface area contributed by atoms with Gasteiger partial charge in [-0.2, -0.15) is 0 Å². The third kappa shape index (κ3) is 6.86. The van der Waals surface area contributed by atoms with Crippen molar-refractivity contribution in [1.29, 1.82) is 0 Å². The largest absolute Gasteiger partial charge is 0.357 e. The van der Waals surface area contributed by atoms with E-state index < -0.39 is 0 Å². The van der Waals surface area contributed by atoms with E-state index in [1.165, 1.54) is 0 Å². The fourth-order valence-electron chi connectivity index (χ4n) is 2.05. The number of hydrogen-bond acceptors (Lipinski definition) is 3. The molecule has 1 amide bonds. The van der Waals surface area contributed by atoms with E-state index in [-0.39, 0.29) is 11.8 Å². The normalized spacial score (nSPS) is 14.4. The molecule has 0 spiro atoms. The smallest absolute Gasteiger partial charge is 0.223 e. The van der Waals surface area contributed by atoms with Gasteiger partial charge >= 0.3 is 0 Å². The zero-order valence-electron chi connectivity index (χ0n) is 13.4. The molecule has 0 aliphatic heterocycles. The van der Waals surface area contributed by atoms with Crippen LogP contribution in [0.25, 0.3) is 0 Å². The first-order valence-electron chi connectivity index (χ1n) is 8.09. The Morgan fingerprint density at radius 1 is 1.30 bits per heavy atom. The summed E-state index contributed by atoms with van der Waals surface area (Å²) in [5, 5.41) is 9.83. The number of hydrogen-bond donors (Lipinski definition) is 3. The topological polar surface area (TPSA) is 78.4 Å². The van der Waals surface area contributed by atoms with Gasteiger partial charge < -0.3 is 16.0 Å². The maximum absolute atomic E-state index is 11.5. The van der Waals surface area contributed by atoms with Crippen molar-refractivity contribution in [3.05, 3.63) is 29.0 Å². The number of guanidine groups is 1. The molecule has 0 aromatic carbocycles. The third-order valence-electron chi connectivity index (χ3n) is 3.47. The second-order valence-corrected chi connectivity index (χ2v) is 5.88. The Morgan fingerprint density at radius 3 is 2.74 bits per heavy atom. The molecule has 1 aliphatic carbocycles. The highest BCUT2D eigenvalue weighted by Crippen LogP contribution is 2.28. The van der Waals surface area contributed by atoms with Gasteiger partial charge in [0.05, 0.1) is 0 Å². The molecule has 3 N–H and O–H groups in total. The molecule has 23 heavy (non-hydrogen) atoms. The first kappa shape index (κ1) is 17.5. The molecular formula is C16H24ClN5O. The molecule has 0 atom stereocenters. The van der Waals surface area contributed by atoms with Crippen molar-refractivity contribution in [2.45, 2.75) is 26.2 Å². The number of halogens is 1. The third-order valence-corrected chi connectivity index (χ3v) is 3.69. The van der Waals surface area contributed by atoms with E-state index in [1.54, 1.807) is 12.3 Å². The molecule has 7 heteroatoms. The second-order valence-electron chi connectivity index (χ2n) is 5.49. The summed E-state index contributed by atoms with van der Waals surface area (Å²) in [5.41, 5.74) is 1.10. The van der Waals surface area contributed by atoms with Gasteiger partial charge in [-0.3, -0.25) is 9.79 Å². The van der Waals surface area contributed by atoms with Crippen LogP contribution in [0.15, 0.2) is 23.3 Å². The summed E-state index contributed by atoms with van der Waals surface area (Å²) >= 11 is 5.77. The van der Waals surface area contributed by atoms with E-state index in [9.17, 15) is 4.79 Å². The van der Waals surface area contributed by atoms with Crippen LogP contribution in [-0.4, -0.2) is 43.0 Å². The zero-order valence-corrected chi connectivity index (χ0v) is 14.2.